The van der Waals surface area contributed by atoms with Crippen LogP contribution in [-0.2, 0) is 9.59 Å². The molecule has 0 bridgehead atoms. The number of ketones is 1. The average Bonchev–Trinajstić information content (AvgIpc) is 2.45. The van der Waals surface area contributed by atoms with Gasteiger partial charge in [-0.25, -0.2) is 4.79 Å². The van der Waals surface area contributed by atoms with E-state index in [4.69, 9.17) is 20.4 Å². The van der Waals surface area contributed by atoms with E-state index in [0.29, 0.717) is 5.75 Å². The Morgan fingerprint density at radius 3 is 1.57 bits per heavy atom. The van der Waals surface area contributed by atoms with Crippen LogP contribution in [0.5, 0.6) is 5.75 Å². The number of aryl methyl sites for hydroxylation is 1. The van der Waals surface area contributed by atoms with Gasteiger partial charge in [0.1, 0.15) is 11.5 Å². The van der Waals surface area contributed by atoms with Crippen molar-refractivity contribution in [2.45, 2.75) is 34.6 Å². The lowest BCUT2D eigenvalue weighted by molar-refractivity contribution is -0.132. The highest BCUT2D eigenvalue weighted by atomic mass is 16.4. The Labute approximate surface area is 137 Å². The molecule has 0 saturated carbocycles. The van der Waals surface area contributed by atoms with Crippen LogP contribution >= 0.6 is 0 Å². The first-order valence-electron chi connectivity index (χ1n) is 6.84. The number of aliphatic hydroxyl groups excluding tert-OH is 2. The predicted octanol–water partition coefficient (Wildman–Crippen LogP) is 2.22. The molecule has 4 N–H and O–H groups in total. The standard InChI is InChI=1S/C8H10O.C4H6O2.C3H6O.C2H6O2/c1-6-4-3-5-8(9)7(6)2;1-3(2)4(5)6;1-3(2)4;3-1-2-4/h3-5,9H,1-2H3;1H2,2H3,(H,5,6);1-2H3;3-4H,1-2H2. The largest absolute Gasteiger partial charge is 0.508 e. The number of benzene rings is 1. The molecule has 0 spiro atoms. The summed E-state index contributed by atoms with van der Waals surface area (Å²) in [5.74, 6) is -0.384. The molecule has 0 aromatic heterocycles. The van der Waals surface area contributed by atoms with Crippen molar-refractivity contribution in [1.29, 1.82) is 0 Å². The van der Waals surface area contributed by atoms with Gasteiger partial charge in [-0.15, -0.1) is 0 Å². The highest BCUT2D eigenvalue weighted by molar-refractivity contribution is 5.84. The summed E-state index contributed by atoms with van der Waals surface area (Å²) in [5.41, 5.74) is 2.28. The van der Waals surface area contributed by atoms with Crippen LogP contribution in [0.15, 0.2) is 30.4 Å². The quantitative estimate of drug-likeness (QED) is 0.619. The molecule has 0 aliphatic carbocycles. The molecule has 0 amide bonds. The molecular formula is C17H28O6. The van der Waals surface area contributed by atoms with Crippen molar-refractivity contribution < 1.29 is 30.0 Å². The molecule has 1 rings (SSSR count). The molecule has 0 unspecified atom stereocenters. The van der Waals surface area contributed by atoms with E-state index in [1.807, 2.05) is 26.0 Å². The second-order valence-corrected chi connectivity index (χ2v) is 4.66. The molecule has 132 valence electrons. The number of hydrogen-bond donors (Lipinski definition) is 4. The van der Waals surface area contributed by atoms with Gasteiger partial charge in [0.15, 0.2) is 0 Å². The molecule has 1 aromatic rings. The third kappa shape index (κ3) is 22.2. The summed E-state index contributed by atoms with van der Waals surface area (Å²) in [6.07, 6.45) is 0. The highest BCUT2D eigenvalue weighted by Crippen LogP contribution is 2.17. The lowest BCUT2D eigenvalue weighted by Crippen LogP contribution is -1.92. The summed E-state index contributed by atoms with van der Waals surface area (Å²) >= 11 is 0. The Balaban J connectivity index is -0.000000251. The normalized spacial score (nSPS) is 8.13. The van der Waals surface area contributed by atoms with Crippen molar-refractivity contribution in [2.24, 2.45) is 0 Å². The number of phenols is 1. The second kappa shape index (κ2) is 16.2. The number of phenolic OH excluding ortho intramolecular Hbond substituents is 1. The maximum atomic E-state index is 9.60. The SMILES string of the molecule is C=C(C)C(=O)O.CC(C)=O.Cc1cccc(O)c1C.OCCO. The van der Waals surface area contributed by atoms with Gasteiger partial charge in [0.2, 0.25) is 0 Å². The minimum atomic E-state index is -0.935. The number of Topliss-reactive ketones (excluding diaryl/α,β-unsaturated/α-hetero) is 1. The van der Waals surface area contributed by atoms with E-state index < -0.39 is 5.97 Å². The van der Waals surface area contributed by atoms with Crippen LogP contribution in [0.4, 0.5) is 0 Å². The molecule has 0 saturated heterocycles. The maximum Gasteiger partial charge on any atom is 0.330 e. The molecular weight excluding hydrogens is 300 g/mol. The lowest BCUT2D eigenvalue weighted by atomic mass is 10.1. The van der Waals surface area contributed by atoms with Crippen molar-refractivity contribution in [2.75, 3.05) is 13.2 Å². The van der Waals surface area contributed by atoms with E-state index in [2.05, 4.69) is 6.58 Å². The molecule has 0 aliphatic heterocycles. The van der Waals surface area contributed by atoms with Gasteiger partial charge in [-0.2, -0.15) is 0 Å². The van der Waals surface area contributed by atoms with Crippen molar-refractivity contribution in [1.82, 2.24) is 0 Å². The van der Waals surface area contributed by atoms with Crippen LogP contribution < -0.4 is 0 Å². The lowest BCUT2D eigenvalue weighted by Gasteiger charge is -1.99. The third-order valence-corrected chi connectivity index (χ3v) is 2.04. The minimum Gasteiger partial charge on any atom is -0.508 e. The molecule has 0 fully saturated rings. The Morgan fingerprint density at radius 1 is 1.04 bits per heavy atom. The maximum absolute atomic E-state index is 9.60. The fraction of sp³-hybridized carbons (Fsp3) is 0.412. The Morgan fingerprint density at radius 2 is 1.39 bits per heavy atom. The van der Waals surface area contributed by atoms with Gasteiger partial charge in [-0.1, -0.05) is 18.7 Å². The van der Waals surface area contributed by atoms with E-state index in [9.17, 15) is 9.59 Å². The summed E-state index contributed by atoms with van der Waals surface area (Å²) in [6, 6.07) is 5.52. The van der Waals surface area contributed by atoms with Gasteiger partial charge in [0.05, 0.1) is 13.2 Å². The first kappa shape index (κ1) is 25.8. The number of carboxylic acids is 1. The van der Waals surface area contributed by atoms with Crippen LogP contribution in [-0.4, -0.2) is 45.4 Å². The van der Waals surface area contributed by atoms with E-state index in [1.54, 1.807) is 6.07 Å². The molecule has 0 radical (unpaired) electrons. The van der Waals surface area contributed by atoms with Crippen molar-refractivity contribution in [3.05, 3.63) is 41.5 Å². The van der Waals surface area contributed by atoms with Gasteiger partial charge >= 0.3 is 5.97 Å². The third-order valence-electron chi connectivity index (χ3n) is 2.04. The Kier molecular flexibility index (Phi) is 18.1. The first-order valence-corrected chi connectivity index (χ1v) is 6.84. The molecule has 6 heteroatoms. The fourth-order valence-electron chi connectivity index (χ4n) is 0.736. The minimum absolute atomic E-state index is 0.125. The average molecular weight is 328 g/mol. The van der Waals surface area contributed by atoms with Gasteiger partial charge < -0.3 is 25.2 Å². The zero-order valence-corrected chi connectivity index (χ0v) is 14.5. The zero-order valence-electron chi connectivity index (χ0n) is 14.5. The van der Waals surface area contributed by atoms with Gasteiger partial charge in [-0.05, 0) is 51.8 Å². The fourth-order valence-corrected chi connectivity index (χ4v) is 0.736. The van der Waals surface area contributed by atoms with Crippen LogP contribution in [0.1, 0.15) is 31.9 Å². The Hall–Kier alpha value is -2.18. The van der Waals surface area contributed by atoms with Crippen LogP contribution in [0, 0.1) is 13.8 Å². The number of rotatable bonds is 2. The van der Waals surface area contributed by atoms with Crippen molar-refractivity contribution in [3.8, 4) is 5.75 Å². The summed E-state index contributed by atoms with van der Waals surface area (Å²) in [6.45, 7) is 11.3. The van der Waals surface area contributed by atoms with Gasteiger partial charge in [0, 0.05) is 5.57 Å². The molecule has 23 heavy (non-hydrogen) atoms. The number of carbonyl (C=O) groups excluding carboxylic acids is 1. The molecule has 0 atom stereocenters. The van der Waals surface area contributed by atoms with Crippen molar-refractivity contribution >= 4 is 11.8 Å². The number of carboxylic acid groups (broad SMARTS) is 1. The zero-order chi connectivity index (χ0) is 19.0. The summed E-state index contributed by atoms with van der Waals surface area (Å²) in [4.78, 5) is 19.0. The van der Waals surface area contributed by atoms with Gasteiger partial charge in [-0.3, -0.25) is 0 Å². The van der Waals surface area contributed by atoms with E-state index in [-0.39, 0.29) is 24.6 Å². The van der Waals surface area contributed by atoms with Gasteiger partial charge in [0.25, 0.3) is 0 Å². The summed E-state index contributed by atoms with van der Waals surface area (Å²) in [5, 5.41) is 32.2. The summed E-state index contributed by atoms with van der Waals surface area (Å²) in [7, 11) is 0. The topological polar surface area (TPSA) is 115 Å². The molecule has 1 aromatic carbocycles. The van der Waals surface area contributed by atoms with E-state index in [1.165, 1.54) is 20.8 Å². The smallest absolute Gasteiger partial charge is 0.330 e. The number of aliphatic carboxylic acids is 1. The number of aromatic hydroxyl groups is 1. The molecule has 0 heterocycles. The van der Waals surface area contributed by atoms with E-state index >= 15 is 0 Å². The monoisotopic (exact) mass is 328 g/mol. The van der Waals surface area contributed by atoms with Crippen LogP contribution in [0.3, 0.4) is 0 Å². The second-order valence-electron chi connectivity index (χ2n) is 4.66. The summed E-state index contributed by atoms with van der Waals surface area (Å²) < 4.78 is 0. The number of aliphatic hydroxyl groups is 2. The number of hydrogen-bond acceptors (Lipinski definition) is 5. The predicted molar refractivity (Wildman–Crippen MR) is 90.6 cm³/mol. The molecule has 6 nitrogen and oxygen atoms in total. The first-order chi connectivity index (χ1) is 10.5. The van der Waals surface area contributed by atoms with Crippen LogP contribution in [0.2, 0.25) is 0 Å². The van der Waals surface area contributed by atoms with Crippen LogP contribution in [0.25, 0.3) is 0 Å². The number of carbonyl (C=O) groups is 2. The van der Waals surface area contributed by atoms with E-state index in [0.717, 1.165) is 11.1 Å². The van der Waals surface area contributed by atoms with Crippen molar-refractivity contribution in [3.63, 3.8) is 0 Å². The Bertz CT molecular complexity index is 442. The highest BCUT2D eigenvalue weighted by Gasteiger charge is 1.94. The molecule has 0 aliphatic rings.